The van der Waals surface area contributed by atoms with Gasteiger partial charge in [-0.15, -0.1) is 6.58 Å². The van der Waals surface area contributed by atoms with Crippen LogP contribution in [0, 0.1) is 5.41 Å². The summed E-state index contributed by atoms with van der Waals surface area (Å²) in [6, 6.07) is 2.47. The minimum Gasteiger partial charge on any atom is -0.389 e. The third-order valence-electron chi connectivity index (χ3n) is 3.36. The lowest BCUT2D eigenvalue weighted by atomic mass is 9.87. The van der Waals surface area contributed by atoms with E-state index in [-0.39, 0.29) is 5.41 Å². The van der Waals surface area contributed by atoms with Crippen LogP contribution in [0.1, 0.15) is 33.6 Å². The molecule has 0 fully saturated rings. The molecule has 1 aromatic rings. The zero-order valence-corrected chi connectivity index (χ0v) is 11.8. The number of allylic oxidation sites excluding steroid dienone is 2. The summed E-state index contributed by atoms with van der Waals surface area (Å²) in [6.07, 6.45) is 12.2. The van der Waals surface area contributed by atoms with Crippen LogP contribution in [0.2, 0.25) is 0 Å². The summed E-state index contributed by atoms with van der Waals surface area (Å²) in [4.78, 5) is 0. The third kappa shape index (κ3) is 4.78. The van der Waals surface area contributed by atoms with E-state index < -0.39 is 0 Å². The van der Waals surface area contributed by atoms with Crippen molar-refractivity contribution in [2.45, 2.75) is 46.2 Å². The van der Waals surface area contributed by atoms with Crippen LogP contribution in [-0.2, 0) is 6.54 Å². The fourth-order valence-corrected chi connectivity index (χ4v) is 1.56. The van der Waals surface area contributed by atoms with Gasteiger partial charge in [0.1, 0.15) is 0 Å². The van der Waals surface area contributed by atoms with Crippen LogP contribution in [0.5, 0.6) is 0 Å². The standard InChI is InChI=1S/C15H25N3/c1-5-14(3)16-11-8-15(4,6-2)9-13-18-12-7-10-17-18/h6-8,10-12,14,16H,2,5,9,13H2,1,3-4H3/b11-8-. The number of hydrogen-bond acceptors (Lipinski definition) is 2. The van der Waals surface area contributed by atoms with Crippen LogP contribution in [0.25, 0.3) is 0 Å². The van der Waals surface area contributed by atoms with Crippen molar-refractivity contribution >= 4 is 0 Å². The number of rotatable bonds is 8. The number of aromatic nitrogens is 2. The van der Waals surface area contributed by atoms with Gasteiger partial charge in [-0.25, -0.2) is 0 Å². The molecule has 0 amide bonds. The van der Waals surface area contributed by atoms with Gasteiger partial charge in [-0.05, 0) is 32.0 Å². The number of nitrogens with one attached hydrogen (secondary N) is 1. The molecule has 0 aliphatic heterocycles. The van der Waals surface area contributed by atoms with Crippen molar-refractivity contribution in [3.8, 4) is 0 Å². The normalized spacial score (nSPS) is 16.4. The topological polar surface area (TPSA) is 29.9 Å². The molecule has 0 aliphatic rings. The van der Waals surface area contributed by atoms with Gasteiger partial charge in [-0.2, -0.15) is 5.10 Å². The summed E-state index contributed by atoms with van der Waals surface area (Å²) in [7, 11) is 0. The highest BCUT2D eigenvalue weighted by Crippen LogP contribution is 2.25. The zero-order valence-electron chi connectivity index (χ0n) is 11.8. The average Bonchev–Trinajstić information content (AvgIpc) is 2.89. The molecule has 0 saturated carbocycles. The maximum absolute atomic E-state index is 4.22. The second kappa shape index (κ2) is 7.04. The van der Waals surface area contributed by atoms with Gasteiger partial charge in [0.2, 0.25) is 0 Å². The molecule has 3 heteroatoms. The lowest BCUT2D eigenvalue weighted by Gasteiger charge is -2.22. The summed E-state index contributed by atoms with van der Waals surface area (Å²) < 4.78 is 1.96. The predicted octanol–water partition coefficient (Wildman–Crippen LogP) is 3.37. The summed E-state index contributed by atoms with van der Waals surface area (Å²) >= 11 is 0. The molecule has 0 bridgehead atoms. The van der Waals surface area contributed by atoms with E-state index in [9.17, 15) is 0 Å². The molecule has 0 aromatic carbocycles. The molecule has 0 aliphatic carbocycles. The molecule has 2 unspecified atom stereocenters. The molecule has 0 saturated heterocycles. The molecule has 1 rings (SSSR count). The van der Waals surface area contributed by atoms with Crippen LogP contribution in [0.15, 0.2) is 43.4 Å². The number of aryl methyl sites for hydroxylation is 1. The van der Waals surface area contributed by atoms with Crippen LogP contribution < -0.4 is 5.32 Å². The van der Waals surface area contributed by atoms with Crippen LogP contribution in [-0.4, -0.2) is 15.8 Å². The lowest BCUT2D eigenvalue weighted by molar-refractivity contribution is 0.430. The van der Waals surface area contributed by atoms with Crippen molar-refractivity contribution in [2.75, 3.05) is 0 Å². The quantitative estimate of drug-likeness (QED) is 0.714. The summed E-state index contributed by atoms with van der Waals surface area (Å²) in [5.74, 6) is 0. The predicted molar refractivity (Wildman–Crippen MR) is 77.2 cm³/mol. The average molecular weight is 247 g/mol. The maximum Gasteiger partial charge on any atom is 0.0489 e. The number of hydrogen-bond donors (Lipinski definition) is 1. The Morgan fingerprint density at radius 1 is 1.56 bits per heavy atom. The van der Waals surface area contributed by atoms with E-state index in [1.807, 2.05) is 29.2 Å². The van der Waals surface area contributed by atoms with Crippen molar-refractivity contribution in [1.82, 2.24) is 15.1 Å². The molecule has 18 heavy (non-hydrogen) atoms. The molecule has 1 heterocycles. The molecular weight excluding hydrogens is 222 g/mol. The van der Waals surface area contributed by atoms with Crippen LogP contribution >= 0.6 is 0 Å². The van der Waals surface area contributed by atoms with Crippen molar-refractivity contribution in [2.24, 2.45) is 5.41 Å². The molecule has 1 aromatic heterocycles. The summed E-state index contributed by atoms with van der Waals surface area (Å²) in [5, 5.41) is 7.58. The van der Waals surface area contributed by atoms with Gasteiger partial charge in [0.25, 0.3) is 0 Å². The highest BCUT2D eigenvalue weighted by molar-refractivity contribution is 5.06. The van der Waals surface area contributed by atoms with Gasteiger partial charge in [0, 0.05) is 30.4 Å². The zero-order chi connectivity index (χ0) is 13.4. The Balaban J connectivity index is 2.48. The monoisotopic (exact) mass is 247 g/mol. The maximum atomic E-state index is 4.22. The first-order valence-corrected chi connectivity index (χ1v) is 6.64. The van der Waals surface area contributed by atoms with Crippen LogP contribution in [0.4, 0.5) is 0 Å². The first kappa shape index (κ1) is 14.6. The van der Waals surface area contributed by atoms with Gasteiger partial charge in [0.05, 0.1) is 0 Å². The fourth-order valence-electron chi connectivity index (χ4n) is 1.56. The second-order valence-corrected chi connectivity index (χ2v) is 5.04. The van der Waals surface area contributed by atoms with E-state index in [0.717, 1.165) is 19.4 Å². The summed E-state index contributed by atoms with van der Waals surface area (Å²) in [5.41, 5.74) is 0.00636. The van der Waals surface area contributed by atoms with Gasteiger partial charge in [0.15, 0.2) is 0 Å². The molecule has 1 N–H and O–H groups in total. The Hall–Kier alpha value is -1.51. The van der Waals surface area contributed by atoms with Crippen molar-refractivity contribution in [1.29, 1.82) is 0 Å². The van der Waals surface area contributed by atoms with E-state index in [2.05, 4.69) is 50.0 Å². The van der Waals surface area contributed by atoms with Gasteiger partial charge >= 0.3 is 0 Å². The first-order valence-electron chi connectivity index (χ1n) is 6.64. The third-order valence-corrected chi connectivity index (χ3v) is 3.36. The van der Waals surface area contributed by atoms with Gasteiger partial charge in [-0.3, -0.25) is 4.68 Å². The Bertz CT molecular complexity index is 367. The van der Waals surface area contributed by atoms with Crippen LogP contribution in [0.3, 0.4) is 0 Å². The Labute approximate surface area is 111 Å². The molecule has 100 valence electrons. The highest BCUT2D eigenvalue weighted by Gasteiger charge is 2.16. The largest absolute Gasteiger partial charge is 0.389 e. The van der Waals surface area contributed by atoms with Gasteiger partial charge in [-0.1, -0.05) is 26.0 Å². The minimum atomic E-state index is 0.00636. The van der Waals surface area contributed by atoms with Crippen molar-refractivity contribution < 1.29 is 0 Å². The van der Waals surface area contributed by atoms with E-state index in [4.69, 9.17) is 0 Å². The summed E-state index contributed by atoms with van der Waals surface area (Å²) in [6.45, 7) is 11.4. The smallest absolute Gasteiger partial charge is 0.0489 e. The van der Waals surface area contributed by atoms with E-state index in [0.29, 0.717) is 6.04 Å². The Kier molecular flexibility index (Phi) is 5.69. The van der Waals surface area contributed by atoms with E-state index in [1.54, 1.807) is 0 Å². The highest BCUT2D eigenvalue weighted by atomic mass is 15.3. The lowest BCUT2D eigenvalue weighted by Crippen LogP contribution is -2.21. The Morgan fingerprint density at radius 3 is 2.89 bits per heavy atom. The number of nitrogens with zero attached hydrogens (tertiary/aromatic N) is 2. The van der Waals surface area contributed by atoms with Crippen molar-refractivity contribution in [3.05, 3.63) is 43.4 Å². The van der Waals surface area contributed by atoms with Crippen molar-refractivity contribution in [3.63, 3.8) is 0 Å². The van der Waals surface area contributed by atoms with Gasteiger partial charge < -0.3 is 5.32 Å². The second-order valence-electron chi connectivity index (χ2n) is 5.04. The minimum absolute atomic E-state index is 0.00636. The van der Waals surface area contributed by atoms with E-state index >= 15 is 0 Å². The first-order chi connectivity index (χ1) is 8.59. The fraction of sp³-hybridized carbons (Fsp3) is 0.533. The SMILES string of the molecule is C=CC(C)(/C=C\NC(C)CC)CCn1cccn1. The Morgan fingerprint density at radius 2 is 2.33 bits per heavy atom. The molecular formula is C15H25N3. The van der Waals surface area contributed by atoms with E-state index in [1.165, 1.54) is 0 Å². The molecule has 2 atom stereocenters. The molecule has 0 spiro atoms. The molecule has 0 radical (unpaired) electrons. The molecule has 3 nitrogen and oxygen atoms in total.